The van der Waals surface area contributed by atoms with Crippen LogP contribution in [0.25, 0.3) is 0 Å². The van der Waals surface area contributed by atoms with Crippen molar-refractivity contribution < 1.29 is 4.39 Å². The highest BCUT2D eigenvalue weighted by Crippen LogP contribution is 2.27. The van der Waals surface area contributed by atoms with Crippen LogP contribution in [0.1, 0.15) is 11.1 Å². The molecule has 0 radical (unpaired) electrons. The van der Waals surface area contributed by atoms with Crippen LogP contribution >= 0.6 is 12.2 Å². The van der Waals surface area contributed by atoms with Gasteiger partial charge in [-0.15, -0.1) is 0 Å². The van der Waals surface area contributed by atoms with Crippen molar-refractivity contribution in [2.75, 3.05) is 24.3 Å². The van der Waals surface area contributed by atoms with Crippen LogP contribution in [0.2, 0.25) is 0 Å². The topological polar surface area (TPSA) is 41.3 Å². The third-order valence-electron chi connectivity index (χ3n) is 3.23. The number of anilines is 3. The summed E-state index contributed by atoms with van der Waals surface area (Å²) in [6.45, 7) is 2.04. The van der Waals surface area contributed by atoms with Crippen molar-refractivity contribution in [1.82, 2.24) is 0 Å². The first-order valence-electron chi connectivity index (χ1n) is 6.53. The van der Waals surface area contributed by atoms with Crippen molar-refractivity contribution in [1.29, 1.82) is 0 Å². The third kappa shape index (κ3) is 3.31. The summed E-state index contributed by atoms with van der Waals surface area (Å²) in [5.74, 6) is -0.424. The summed E-state index contributed by atoms with van der Waals surface area (Å²) in [4.78, 5) is 2.07. The van der Waals surface area contributed by atoms with E-state index < -0.39 is 5.82 Å². The summed E-state index contributed by atoms with van der Waals surface area (Å²) in [5.41, 5.74) is 9.53. The van der Waals surface area contributed by atoms with E-state index in [0.717, 1.165) is 11.4 Å². The van der Waals surface area contributed by atoms with Crippen LogP contribution < -0.4 is 16.0 Å². The van der Waals surface area contributed by atoms with Crippen molar-refractivity contribution in [2.24, 2.45) is 5.73 Å². The fourth-order valence-corrected chi connectivity index (χ4v) is 2.41. The fraction of sp³-hybridized carbons (Fsp3) is 0.188. The second-order valence-electron chi connectivity index (χ2n) is 5.05. The minimum Gasteiger partial charge on any atom is -0.389 e. The Kier molecular flexibility index (Phi) is 4.43. The number of rotatable bonds is 4. The molecule has 0 aromatic heterocycles. The molecule has 21 heavy (non-hydrogen) atoms. The molecule has 0 spiro atoms. The lowest BCUT2D eigenvalue weighted by Crippen LogP contribution is -2.14. The molecule has 2 aromatic carbocycles. The number of halogens is 1. The molecule has 0 bridgehead atoms. The van der Waals surface area contributed by atoms with Crippen LogP contribution in [-0.4, -0.2) is 19.1 Å². The van der Waals surface area contributed by atoms with Crippen molar-refractivity contribution in [2.45, 2.75) is 6.92 Å². The molecular formula is C16H18FN3S. The van der Waals surface area contributed by atoms with Gasteiger partial charge in [0.2, 0.25) is 0 Å². The van der Waals surface area contributed by atoms with Gasteiger partial charge in [0.1, 0.15) is 10.8 Å². The lowest BCUT2D eigenvalue weighted by Gasteiger charge is -2.18. The number of nitrogens with two attached hydrogens (primary N) is 1. The van der Waals surface area contributed by atoms with Gasteiger partial charge in [-0.1, -0.05) is 24.4 Å². The highest BCUT2D eigenvalue weighted by atomic mass is 32.1. The molecule has 3 N–H and O–H groups in total. The van der Waals surface area contributed by atoms with E-state index in [1.165, 1.54) is 11.6 Å². The van der Waals surface area contributed by atoms with E-state index in [2.05, 4.69) is 5.32 Å². The fourth-order valence-electron chi connectivity index (χ4n) is 2.20. The van der Waals surface area contributed by atoms with E-state index in [1.807, 2.05) is 44.1 Å². The average Bonchev–Trinajstić information content (AvgIpc) is 2.40. The number of aryl methyl sites for hydroxylation is 1. The van der Waals surface area contributed by atoms with Crippen LogP contribution in [-0.2, 0) is 0 Å². The van der Waals surface area contributed by atoms with Crippen LogP contribution in [0.4, 0.5) is 21.5 Å². The summed E-state index contributed by atoms with van der Waals surface area (Å²) in [6, 6.07) is 10.7. The zero-order valence-electron chi connectivity index (χ0n) is 12.3. The van der Waals surface area contributed by atoms with Crippen LogP contribution in [0.15, 0.2) is 36.4 Å². The van der Waals surface area contributed by atoms with Gasteiger partial charge < -0.3 is 16.0 Å². The van der Waals surface area contributed by atoms with Gasteiger partial charge in [0, 0.05) is 25.5 Å². The van der Waals surface area contributed by atoms with Gasteiger partial charge in [-0.2, -0.15) is 0 Å². The Labute approximate surface area is 129 Å². The Bertz CT molecular complexity index is 683. The largest absolute Gasteiger partial charge is 0.389 e. The van der Waals surface area contributed by atoms with Crippen LogP contribution in [0.5, 0.6) is 0 Å². The van der Waals surface area contributed by atoms with Crippen molar-refractivity contribution in [3.05, 3.63) is 53.3 Å². The number of hydrogen-bond acceptors (Lipinski definition) is 3. The summed E-state index contributed by atoms with van der Waals surface area (Å²) in [7, 11) is 3.96. The first-order chi connectivity index (χ1) is 9.90. The molecule has 0 saturated carbocycles. The van der Waals surface area contributed by atoms with Crippen molar-refractivity contribution in [3.63, 3.8) is 0 Å². The van der Waals surface area contributed by atoms with Crippen LogP contribution in [0, 0.1) is 12.7 Å². The van der Waals surface area contributed by atoms with Gasteiger partial charge in [-0.05, 0) is 36.8 Å². The normalized spacial score (nSPS) is 10.3. The Morgan fingerprint density at radius 3 is 2.57 bits per heavy atom. The Balaban J connectivity index is 2.42. The highest BCUT2D eigenvalue weighted by Gasteiger charge is 2.12. The molecule has 110 valence electrons. The number of thiocarbonyl (C=S) groups is 1. The SMILES string of the molecule is Cc1ccc(Nc2cccc(F)c2C(N)=S)cc1N(C)C. The van der Waals surface area contributed by atoms with Gasteiger partial charge in [-0.3, -0.25) is 0 Å². The molecule has 0 aliphatic carbocycles. The van der Waals surface area contributed by atoms with Crippen molar-refractivity contribution in [3.8, 4) is 0 Å². The Morgan fingerprint density at radius 1 is 1.24 bits per heavy atom. The molecule has 0 saturated heterocycles. The Morgan fingerprint density at radius 2 is 1.95 bits per heavy atom. The molecule has 0 heterocycles. The molecular weight excluding hydrogens is 285 g/mol. The van der Waals surface area contributed by atoms with E-state index in [1.54, 1.807) is 12.1 Å². The van der Waals surface area contributed by atoms with Gasteiger partial charge in [-0.25, -0.2) is 4.39 Å². The molecule has 0 amide bonds. The summed E-state index contributed by atoms with van der Waals surface area (Å²) in [6.07, 6.45) is 0. The maximum atomic E-state index is 13.9. The first-order valence-corrected chi connectivity index (χ1v) is 6.94. The molecule has 5 heteroatoms. The second kappa shape index (κ2) is 6.10. The molecule has 0 unspecified atom stereocenters. The standard InChI is InChI=1S/C16H18FN3S/c1-10-7-8-11(9-14(10)20(2)3)19-13-6-4-5-12(17)15(13)16(18)21/h4-9,19H,1-3H3,(H2,18,21). The zero-order chi connectivity index (χ0) is 15.6. The molecule has 0 atom stereocenters. The molecule has 2 aromatic rings. The maximum Gasteiger partial charge on any atom is 0.135 e. The van der Waals surface area contributed by atoms with E-state index in [4.69, 9.17) is 18.0 Å². The quantitative estimate of drug-likeness (QED) is 0.847. The Hall–Kier alpha value is -2.14. The maximum absolute atomic E-state index is 13.9. The monoisotopic (exact) mass is 303 g/mol. The third-order valence-corrected chi connectivity index (χ3v) is 3.43. The van der Waals surface area contributed by atoms with Crippen molar-refractivity contribution >= 4 is 34.3 Å². The summed E-state index contributed by atoms with van der Waals surface area (Å²) < 4.78 is 13.9. The van der Waals surface area contributed by atoms with Gasteiger partial charge >= 0.3 is 0 Å². The van der Waals surface area contributed by atoms with Crippen LogP contribution in [0.3, 0.4) is 0 Å². The van der Waals surface area contributed by atoms with Gasteiger partial charge in [0.05, 0.1) is 11.3 Å². The lowest BCUT2D eigenvalue weighted by atomic mass is 10.1. The molecule has 0 aliphatic rings. The predicted molar refractivity (Wildman–Crippen MR) is 91.1 cm³/mol. The highest BCUT2D eigenvalue weighted by molar-refractivity contribution is 7.80. The molecule has 0 fully saturated rings. The summed E-state index contributed by atoms with van der Waals surface area (Å²) in [5, 5.41) is 3.18. The smallest absolute Gasteiger partial charge is 0.135 e. The lowest BCUT2D eigenvalue weighted by molar-refractivity contribution is 0.626. The molecule has 2 rings (SSSR count). The van der Waals surface area contributed by atoms with E-state index in [-0.39, 0.29) is 10.6 Å². The first kappa shape index (κ1) is 15.3. The van der Waals surface area contributed by atoms with Gasteiger partial charge in [0.25, 0.3) is 0 Å². The number of benzene rings is 2. The van der Waals surface area contributed by atoms with E-state index >= 15 is 0 Å². The predicted octanol–water partition coefficient (Wildman–Crippen LogP) is 3.58. The minimum absolute atomic E-state index is 0.0375. The number of nitrogens with zero attached hydrogens (tertiary/aromatic N) is 1. The minimum atomic E-state index is -0.424. The average molecular weight is 303 g/mol. The van der Waals surface area contributed by atoms with E-state index in [9.17, 15) is 4.39 Å². The summed E-state index contributed by atoms with van der Waals surface area (Å²) >= 11 is 4.93. The van der Waals surface area contributed by atoms with E-state index in [0.29, 0.717) is 5.69 Å². The number of nitrogens with one attached hydrogen (secondary N) is 1. The number of hydrogen-bond donors (Lipinski definition) is 2. The molecule has 0 aliphatic heterocycles. The zero-order valence-corrected chi connectivity index (χ0v) is 13.1. The van der Waals surface area contributed by atoms with Gasteiger partial charge in [0.15, 0.2) is 0 Å². The molecule has 3 nitrogen and oxygen atoms in total. The second-order valence-corrected chi connectivity index (χ2v) is 5.49.